The first kappa shape index (κ1) is 15.4. The number of hydrogen-bond acceptors (Lipinski definition) is 4. The predicted octanol–water partition coefficient (Wildman–Crippen LogP) is -0.346. The van der Waals surface area contributed by atoms with Gasteiger partial charge in [-0.25, -0.2) is 14.4 Å². The molecule has 0 aliphatic carbocycles. The molecule has 0 bridgehead atoms. The van der Waals surface area contributed by atoms with E-state index >= 15 is 0 Å². The van der Waals surface area contributed by atoms with E-state index in [-0.39, 0.29) is 44.3 Å². The molecule has 1 aliphatic heterocycles. The molecule has 0 saturated heterocycles. The van der Waals surface area contributed by atoms with Crippen molar-refractivity contribution in [1.29, 1.82) is 0 Å². The van der Waals surface area contributed by atoms with Crippen molar-refractivity contribution < 1.29 is 29.3 Å². The summed E-state index contributed by atoms with van der Waals surface area (Å²) in [5, 5.41) is 17.6. The third-order valence-corrected chi connectivity index (χ3v) is 2.12. The first-order chi connectivity index (χ1) is 6.77. The Balaban J connectivity index is 0.00000225. The Morgan fingerprint density at radius 1 is 1.25 bits per heavy atom. The quantitative estimate of drug-likeness (QED) is 0.397. The van der Waals surface area contributed by atoms with Crippen LogP contribution >= 0.6 is 0 Å². The van der Waals surface area contributed by atoms with Gasteiger partial charge in [-0.15, -0.1) is 0 Å². The first-order valence-corrected chi connectivity index (χ1v) is 4.16. The number of esters is 1. The molecule has 6 nitrogen and oxygen atoms in total. The van der Waals surface area contributed by atoms with Gasteiger partial charge in [-0.3, -0.25) is 0 Å². The van der Waals surface area contributed by atoms with Crippen LogP contribution in [0.25, 0.3) is 0 Å². The van der Waals surface area contributed by atoms with Crippen molar-refractivity contribution in [3.05, 3.63) is 11.1 Å². The fraction of sp³-hybridized carbons (Fsp3) is 0.444. The summed E-state index contributed by atoms with van der Waals surface area (Å²) < 4.78 is 4.61. The second-order valence-electron chi connectivity index (χ2n) is 3.82. The smallest absolute Gasteiger partial charge is 0.346 e. The summed E-state index contributed by atoms with van der Waals surface area (Å²) in [7, 11) is 0. The molecule has 0 saturated carbocycles. The van der Waals surface area contributed by atoms with Crippen LogP contribution in [0.1, 0.15) is 13.8 Å². The molecule has 0 fully saturated rings. The van der Waals surface area contributed by atoms with E-state index in [2.05, 4.69) is 4.74 Å². The number of ether oxygens (including phenoxy) is 1. The number of hydrogen-bond donors (Lipinski definition) is 2. The number of cyclic esters (lactones) is 1. The molecule has 7 heteroatoms. The van der Waals surface area contributed by atoms with Gasteiger partial charge in [0.25, 0.3) is 0 Å². The SMILES string of the molecule is CC1(C)COC(=O)C(C(=O)O)=C1C(=O)O.[Ca]. The molecule has 1 rings (SSSR count). The molecule has 0 spiro atoms. The van der Waals surface area contributed by atoms with Gasteiger partial charge < -0.3 is 14.9 Å². The number of carboxylic acid groups (broad SMARTS) is 2. The minimum atomic E-state index is -1.58. The van der Waals surface area contributed by atoms with Crippen LogP contribution in [0.5, 0.6) is 0 Å². The minimum absolute atomic E-state index is 0. The van der Waals surface area contributed by atoms with E-state index in [9.17, 15) is 14.4 Å². The van der Waals surface area contributed by atoms with Crippen LogP contribution in [-0.2, 0) is 19.1 Å². The second kappa shape index (κ2) is 5.16. The van der Waals surface area contributed by atoms with Crippen molar-refractivity contribution in [2.45, 2.75) is 13.8 Å². The molecule has 1 heterocycles. The largest absolute Gasteiger partial charge is 0.478 e. The van der Waals surface area contributed by atoms with Crippen LogP contribution in [0.2, 0.25) is 0 Å². The molecule has 84 valence electrons. The molecule has 16 heavy (non-hydrogen) atoms. The number of rotatable bonds is 2. The molecule has 0 atom stereocenters. The molecule has 2 radical (unpaired) electrons. The van der Waals surface area contributed by atoms with Crippen LogP contribution < -0.4 is 0 Å². The average Bonchev–Trinajstić information content (AvgIpc) is 2.07. The maximum Gasteiger partial charge on any atom is 0.346 e. The second-order valence-corrected chi connectivity index (χ2v) is 3.82. The van der Waals surface area contributed by atoms with Crippen LogP contribution in [0, 0.1) is 5.41 Å². The molecule has 0 amide bonds. The maximum absolute atomic E-state index is 11.1. The van der Waals surface area contributed by atoms with Crippen LogP contribution in [0.15, 0.2) is 11.1 Å². The summed E-state index contributed by atoms with van der Waals surface area (Å²) >= 11 is 0. The van der Waals surface area contributed by atoms with Gasteiger partial charge in [-0.1, -0.05) is 13.8 Å². The summed E-state index contributed by atoms with van der Waals surface area (Å²) in [6.07, 6.45) is 0. The summed E-state index contributed by atoms with van der Waals surface area (Å²) in [5.41, 5.74) is -2.20. The van der Waals surface area contributed by atoms with Gasteiger partial charge in [0.05, 0.1) is 5.57 Å². The Hall–Kier alpha value is -0.590. The Labute approximate surface area is 121 Å². The Morgan fingerprint density at radius 2 is 1.75 bits per heavy atom. The van der Waals surface area contributed by atoms with E-state index in [0.717, 1.165) is 0 Å². The monoisotopic (exact) mass is 254 g/mol. The number of aliphatic carboxylic acids is 2. The number of carbonyl (C=O) groups excluding carboxylic acids is 1. The fourth-order valence-electron chi connectivity index (χ4n) is 1.42. The fourth-order valence-corrected chi connectivity index (χ4v) is 1.42. The third kappa shape index (κ3) is 2.75. The summed E-state index contributed by atoms with van der Waals surface area (Å²) in [6.45, 7) is 2.88. The van der Waals surface area contributed by atoms with Gasteiger partial charge in [0.15, 0.2) is 5.57 Å². The van der Waals surface area contributed by atoms with E-state index in [4.69, 9.17) is 10.2 Å². The van der Waals surface area contributed by atoms with E-state index < -0.39 is 34.5 Å². The van der Waals surface area contributed by atoms with Crippen molar-refractivity contribution in [3.8, 4) is 0 Å². The zero-order valence-corrected chi connectivity index (χ0v) is 11.2. The molecule has 0 aromatic heterocycles. The molecule has 1 aliphatic rings. The van der Waals surface area contributed by atoms with Crippen LogP contribution in [0.3, 0.4) is 0 Å². The van der Waals surface area contributed by atoms with Gasteiger partial charge in [0, 0.05) is 43.2 Å². The Kier molecular flexibility index (Phi) is 4.97. The molecule has 0 unspecified atom stereocenters. The number of carboxylic acids is 2. The summed E-state index contributed by atoms with van der Waals surface area (Å²) in [5.74, 6) is -4.08. The van der Waals surface area contributed by atoms with Crippen molar-refractivity contribution in [1.82, 2.24) is 0 Å². The Bertz CT molecular complexity index is 381. The molecule has 0 aromatic carbocycles. The molecule has 2 N–H and O–H groups in total. The first-order valence-electron chi connectivity index (χ1n) is 4.16. The number of carbonyl (C=O) groups is 3. The van der Waals surface area contributed by atoms with Gasteiger partial charge in [-0.2, -0.15) is 0 Å². The van der Waals surface area contributed by atoms with Gasteiger partial charge >= 0.3 is 17.9 Å². The van der Waals surface area contributed by atoms with E-state index in [0.29, 0.717) is 0 Å². The summed E-state index contributed by atoms with van der Waals surface area (Å²) in [4.78, 5) is 32.8. The van der Waals surface area contributed by atoms with Crippen LogP contribution in [0.4, 0.5) is 0 Å². The van der Waals surface area contributed by atoms with E-state index in [1.54, 1.807) is 0 Å². The minimum Gasteiger partial charge on any atom is -0.478 e. The van der Waals surface area contributed by atoms with Crippen LogP contribution in [-0.4, -0.2) is 72.5 Å². The van der Waals surface area contributed by atoms with E-state index in [1.165, 1.54) is 13.8 Å². The summed E-state index contributed by atoms with van der Waals surface area (Å²) in [6, 6.07) is 0. The van der Waals surface area contributed by atoms with Crippen molar-refractivity contribution in [2.24, 2.45) is 5.41 Å². The predicted molar refractivity (Wildman–Crippen MR) is 52.8 cm³/mol. The third-order valence-electron chi connectivity index (χ3n) is 2.12. The zero-order chi connectivity index (χ0) is 11.8. The van der Waals surface area contributed by atoms with Crippen molar-refractivity contribution in [2.75, 3.05) is 6.61 Å². The van der Waals surface area contributed by atoms with Gasteiger partial charge in [0.2, 0.25) is 0 Å². The molecule has 0 aromatic rings. The standard InChI is InChI=1S/C9H10O6.Ca/c1-9(2)3-15-8(14)4(6(10)11)5(9)7(12)13;/h3H2,1-2H3,(H,10,11)(H,12,13);. The normalized spacial score (nSPS) is 18.5. The molecular weight excluding hydrogens is 244 g/mol. The molecular formula is C9H10CaO6. The van der Waals surface area contributed by atoms with Gasteiger partial charge in [-0.05, 0) is 0 Å². The van der Waals surface area contributed by atoms with Gasteiger partial charge in [0.1, 0.15) is 6.61 Å². The zero-order valence-electron chi connectivity index (χ0n) is 8.94. The van der Waals surface area contributed by atoms with Crippen molar-refractivity contribution in [3.63, 3.8) is 0 Å². The van der Waals surface area contributed by atoms with Crippen molar-refractivity contribution >= 4 is 55.6 Å². The maximum atomic E-state index is 11.1. The Morgan fingerprint density at radius 3 is 2.06 bits per heavy atom. The average molecular weight is 254 g/mol. The van der Waals surface area contributed by atoms with E-state index in [1.807, 2.05) is 0 Å². The topological polar surface area (TPSA) is 101 Å².